The fourth-order valence-electron chi connectivity index (χ4n) is 4.77. The fraction of sp³-hybridized carbons (Fsp3) is 0.480. The topological polar surface area (TPSA) is 69.7 Å². The zero-order valence-electron chi connectivity index (χ0n) is 18.6. The van der Waals surface area contributed by atoms with Gasteiger partial charge in [-0.2, -0.15) is 0 Å². The van der Waals surface area contributed by atoms with Crippen molar-refractivity contribution in [1.82, 2.24) is 9.80 Å². The predicted octanol–water partition coefficient (Wildman–Crippen LogP) is 4.22. The number of rotatable bonds is 6. The third kappa shape index (κ3) is 5.90. The molecule has 32 heavy (non-hydrogen) atoms. The number of benzene rings is 2. The Morgan fingerprint density at radius 1 is 0.844 bits per heavy atom. The Hall–Kier alpha value is -2.38. The molecule has 1 amide bonds. The van der Waals surface area contributed by atoms with Crippen LogP contribution in [0, 0.1) is 5.92 Å². The minimum Gasteiger partial charge on any atom is -0.337 e. The normalized spacial score (nSPS) is 18.8. The minimum atomic E-state index is -3.64. The van der Waals surface area contributed by atoms with Gasteiger partial charge in [-0.05, 0) is 68.1 Å². The number of carbonyl (C=O) groups is 1. The average Bonchev–Trinajstić information content (AvgIpc) is 3.06. The summed E-state index contributed by atoms with van der Waals surface area (Å²) in [6, 6.07) is 15.0. The molecule has 1 aliphatic heterocycles. The molecule has 4 rings (SSSR count). The SMILES string of the molecule is O=C(c1ccc(NS(=O)(=O)c2ccccc2)cc1)N1CCCN(CC2CCCCC2)CC1. The van der Waals surface area contributed by atoms with E-state index in [4.69, 9.17) is 0 Å². The van der Waals surface area contributed by atoms with Crippen LogP contribution in [0.5, 0.6) is 0 Å². The van der Waals surface area contributed by atoms with Crippen molar-refractivity contribution in [3.63, 3.8) is 0 Å². The van der Waals surface area contributed by atoms with Crippen molar-refractivity contribution in [3.05, 3.63) is 60.2 Å². The molecule has 0 spiro atoms. The highest BCUT2D eigenvalue weighted by atomic mass is 32.2. The third-order valence-corrected chi connectivity index (χ3v) is 7.95. The zero-order valence-corrected chi connectivity index (χ0v) is 19.4. The molecule has 2 aromatic carbocycles. The standard InChI is InChI=1S/C25H33N3O3S/c29-25(28-17-7-16-27(18-19-28)20-21-8-3-1-4-9-21)22-12-14-23(15-13-22)26-32(30,31)24-10-5-2-6-11-24/h2,5-6,10-15,21,26H,1,3-4,7-9,16-20H2. The molecule has 1 saturated heterocycles. The molecular weight excluding hydrogens is 422 g/mol. The van der Waals surface area contributed by atoms with E-state index in [9.17, 15) is 13.2 Å². The lowest BCUT2D eigenvalue weighted by atomic mass is 9.89. The summed E-state index contributed by atoms with van der Waals surface area (Å²) in [5, 5.41) is 0. The van der Waals surface area contributed by atoms with Crippen LogP contribution in [0.4, 0.5) is 5.69 Å². The molecule has 1 saturated carbocycles. The van der Waals surface area contributed by atoms with Crippen molar-refractivity contribution < 1.29 is 13.2 Å². The summed E-state index contributed by atoms with van der Waals surface area (Å²) in [7, 11) is -3.64. The maximum Gasteiger partial charge on any atom is 0.261 e. The van der Waals surface area contributed by atoms with Crippen molar-refractivity contribution >= 4 is 21.6 Å². The van der Waals surface area contributed by atoms with E-state index in [0.717, 1.165) is 45.1 Å². The van der Waals surface area contributed by atoms with Crippen molar-refractivity contribution in [2.75, 3.05) is 37.4 Å². The first-order valence-corrected chi connectivity index (χ1v) is 13.2. The van der Waals surface area contributed by atoms with Gasteiger partial charge >= 0.3 is 0 Å². The van der Waals surface area contributed by atoms with E-state index in [0.29, 0.717) is 11.3 Å². The van der Waals surface area contributed by atoms with Crippen LogP contribution in [0.3, 0.4) is 0 Å². The molecule has 0 radical (unpaired) electrons. The molecule has 6 nitrogen and oxygen atoms in total. The van der Waals surface area contributed by atoms with E-state index >= 15 is 0 Å². The number of sulfonamides is 1. The van der Waals surface area contributed by atoms with Crippen LogP contribution >= 0.6 is 0 Å². The van der Waals surface area contributed by atoms with Crippen LogP contribution < -0.4 is 4.72 Å². The number of nitrogens with one attached hydrogen (secondary N) is 1. The molecule has 2 aromatic rings. The van der Waals surface area contributed by atoms with Gasteiger partial charge in [0.2, 0.25) is 0 Å². The molecule has 7 heteroatoms. The first-order chi connectivity index (χ1) is 15.5. The highest BCUT2D eigenvalue weighted by Crippen LogP contribution is 2.25. The first kappa shape index (κ1) is 22.8. The molecule has 0 bridgehead atoms. The van der Waals surface area contributed by atoms with Gasteiger partial charge in [0.25, 0.3) is 15.9 Å². The van der Waals surface area contributed by atoms with E-state index in [-0.39, 0.29) is 10.8 Å². The van der Waals surface area contributed by atoms with Crippen molar-refractivity contribution in [3.8, 4) is 0 Å². The molecule has 1 N–H and O–H groups in total. The largest absolute Gasteiger partial charge is 0.337 e. The van der Waals surface area contributed by atoms with E-state index in [1.54, 1.807) is 54.6 Å². The Morgan fingerprint density at radius 3 is 2.28 bits per heavy atom. The van der Waals surface area contributed by atoms with Gasteiger partial charge in [-0.3, -0.25) is 9.52 Å². The lowest BCUT2D eigenvalue weighted by Crippen LogP contribution is -2.36. The lowest BCUT2D eigenvalue weighted by molar-refractivity contribution is 0.0760. The smallest absolute Gasteiger partial charge is 0.261 e. The van der Waals surface area contributed by atoms with Crippen LogP contribution in [-0.4, -0.2) is 56.8 Å². The summed E-state index contributed by atoms with van der Waals surface area (Å²) in [5.74, 6) is 0.834. The Morgan fingerprint density at radius 2 is 1.56 bits per heavy atom. The minimum absolute atomic E-state index is 0.0157. The number of amides is 1. The van der Waals surface area contributed by atoms with Gasteiger partial charge in [0.1, 0.15) is 0 Å². The number of carbonyl (C=O) groups excluding carboxylic acids is 1. The van der Waals surface area contributed by atoms with Gasteiger partial charge < -0.3 is 9.80 Å². The summed E-state index contributed by atoms with van der Waals surface area (Å²) in [5.41, 5.74) is 1.04. The van der Waals surface area contributed by atoms with Gasteiger partial charge in [-0.25, -0.2) is 8.42 Å². The highest BCUT2D eigenvalue weighted by molar-refractivity contribution is 7.92. The average molecular weight is 456 g/mol. The number of nitrogens with zero attached hydrogens (tertiary/aromatic N) is 2. The highest BCUT2D eigenvalue weighted by Gasteiger charge is 2.23. The van der Waals surface area contributed by atoms with E-state index in [1.807, 2.05) is 4.90 Å². The van der Waals surface area contributed by atoms with Crippen molar-refractivity contribution in [2.45, 2.75) is 43.4 Å². The zero-order chi connectivity index (χ0) is 22.4. The molecular formula is C25H33N3O3S. The van der Waals surface area contributed by atoms with Gasteiger partial charge in [0, 0.05) is 37.4 Å². The Bertz CT molecular complexity index is 987. The summed E-state index contributed by atoms with van der Waals surface area (Å²) in [6.07, 6.45) is 7.79. The van der Waals surface area contributed by atoms with E-state index in [2.05, 4.69) is 9.62 Å². The van der Waals surface area contributed by atoms with E-state index < -0.39 is 10.0 Å². The Labute approximate surface area is 191 Å². The van der Waals surface area contributed by atoms with Crippen molar-refractivity contribution in [2.24, 2.45) is 5.92 Å². The molecule has 1 aliphatic carbocycles. The summed E-state index contributed by atoms with van der Waals surface area (Å²) < 4.78 is 27.6. The Kier molecular flexibility index (Phi) is 7.48. The van der Waals surface area contributed by atoms with Crippen LogP contribution in [0.15, 0.2) is 59.5 Å². The van der Waals surface area contributed by atoms with Crippen LogP contribution in [0.2, 0.25) is 0 Å². The number of hydrogen-bond donors (Lipinski definition) is 1. The van der Waals surface area contributed by atoms with Gasteiger partial charge in [-0.1, -0.05) is 37.5 Å². The third-order valence-electron chi connectivity index (χ3n) is 6.55. The fourth-order valence-corrected chi connectivity index (χ4v) is 5.85. The van der Waals surface area contributed by atoms with Crippen LogP contribution in [0.25, 0.3) is 0 Å². The van der Waals surface area contributed by atoms with Gasteiger partial charge in [-0.15, -0.1) is 0 Å². The molecule has 0 aromatic heterocycles. The van der Waals surface area contributed by atoms with Gasteiger partial charge in [0.15, 0.2) is 0 Å². The molecule has 0 unspecified atom stereocenters. The molecule has 172 valence electrons. The van der Waals surface area contributed by atoms with Crippen LogP contribution in [-0.2, 0) is 10.0 Å². The van der Waals surface area contributed by atoms with Gasteiger partial charge in [0.05, 0.1) is 4.90 Å². The second-order valence-electron chi connectivity index (χ2n) is 8.95. The predicted molar refractivity (Wildman–Crippen MR) is 127 cm³/mol. The summed E-state index contributed by atoms with van der Waals surface area (Å²) in [6.45, 7) is 4.66. The first-order valence-electron chi connectivity index (χ1n) is 11.7. The number of anilines is 1. The second kappa shape index (κ2) is 10.5. The molecule has 2 fully saturated rings. The van der Waals surface area contributed by atoms with Crippen LogP contribution in [0.1, 0.15) is 48.9 Å². The Balaban J connectivity index is 1.33. The quantitative estimate of drug-likeness (QED) is 0.708. The monoisotopic (exact) mass is 455 g/mol. The molecule has 0 atom stereocenters. The second-order valence-corrected chi connectivity index (χ2v) is 10.6. The lowest BCUT2D eigenvalue weighted by Gasteiger charge is -2.28. The van der Waals surface area contributed by atoms with Crippen molar-refractivity contribution in [1.29, 1.82) is 0 Å². The molecule has 1 heterocycles. The maximum absolute atomic E-state index is 13.0. The molecule has 2 aliphatic rings. The summed E-state index contributed by atoms with van der Waals surface area (Å²) in [4.78, 5) is 17.7. The number of hydrogen-bond acceptors (Lipinski definition) is 4. The maximum atomic E-state index is 13.0. The van der Waals surface area contributed by atoms with E-state index in [1.165, 1.54) is 32.1 Å². The summed E-state index contributed by atoms with van der Waals surface area (Å²) >= 11 is 0.